The fourth-order valence-electron chi connectivity index (χ4n) is 3.67. The number of hydrogen-bond donors (Lipinski definition) is 3. The summed E-state index contributed by atoms with van der Waals surface area (Å²) in [6, 6.07) is 1.24. The Morgan fingerprint density at radius 3 is 2.76 bits per heavy atom. The number of nitrogens with zero attached hydrogens (tertiary/aromatic N) is 2. The second kappa shape index (κ2) is 11.7. The second-order valence-electron chi connectivity index (χ2n) is 9.76. The van der Waals surface area contributed by atoms with Crippen LogP contribution in [0.2, 0.25) is 0 Å². The third-order valence-electron chi connectivity index (χ3n) is 5.65. The van der Waals surface area contributed by atoms with Gasteiger partial charge in [0.15, 0.2) is 12.3 Å². The Balaban J connectivity index is 1.63. The zero-order chi connectivity index (χ0) is 28.5. The number of nitrogen functional groups attached to an aromatic ring is 1. The molecule has 2 aliphatic heterocycles. The molecule has 0 bridgehead atoms. The molecule has 214 valence electrons. The summed E-state index contributed by atoms with van der Waals surface area (Å²) < 4.78 is 53.1. The molecule has 0 aromatic carbocycles. The SMILES string of the molecule is CC(C)OC(=O)CCNC(=O)[C@@H]1OP(=O)(OC[C@H]2O[C@@H](n3ccc(N)nc3=O)[C@@](F)(Br)C2O)OCC1(C)C. The number of ether oxygens (including phenoxy) is 2. The first-order chi connectivity index (χ1) is 17.6. The molecule has 0 spiro atoms. The van der Waals surface area contributed by atoms with Crippen molar-refractivity contribution in [2.75, 3.05) is 25.5 Å². The minimum Gasteiger partial charge on any atom is -0.463 e. The molecule has 1 amide bonds. The number of alkyl halides is 2. The van der Waals surface area contributed by atoms with Crippen molar-refractivity contribution in [2.24, 2.45) is 5.41 Å². The molecule has 2 fully saturated rings. The topological polar surface area (TPSA) is 191 Å². The molecule has 1 aromatic heterocycles. The van der Waals surface area contributed by atoms with Gasteiger partial charge in [0.05, 0.1) is 25.7 Å². The van der Waals surface area contributed by atoms with Crippen LogP contribution in [0.4, 0.5) is 10.2 Å². The average molecular weight is 629 g/mol. The van der Waals surface area contributed by atoms with Crippen LogP contribution in [-0.4, -0.2) is 75.3 Å². The number of phosphoric ester groups is 1. The molecule has 1 aromatic rings. The number of nitrogens with one attached hydrogen (secondary N) is 1. The number of amides is 1. The maximum Gasteiger partial charge on any atom is 0.475 e. The predicted molar refractivity (Wildman–Crippen MR) is 133 cm³/mol. The predicted octanol–water partition coefficient (Wildman–Crippen LogP) is 1.17. The normalized spacial score (nSPS) is 32.7. The van der Waals surface area contributed by atoms with E-state index in [1.807, 2.05) is 0 Å². The van der Waals surface area contributed by atoms with Crippen molar-refractivity contribution in [3.8, 4) is 0 Å². The van der Waals surface area contributed by atoms with Crippen molar-refractivity contribution in [3.05, 3.63) is 22.7 Å². The lowest BCUT2D eigenvalue weighted by atomic mass is 9.87. The van der Waals surface area contributed by atoms with E-state index in [-0.39, 0.29) is 31.5 Å². The minimum atomic E-state index is -4.38. The summed E-state index contributed by atoms with van der Waals surface area (Å²) in [4.78, 5) is 40.1. The number of carbonyl (C=O) groups is 2. The lowest BCUT2D eigenvalue weighted by molar-refractivity contribution is -0.147. The van der Waals surface area contributed by atoms with E-state index in [2.05, 4.69) is 26.2 Å². The van der Waals surface area contributed by atoms with Crippen LogP contribution in [-0.2, 0) is 37.2 Å². The van der Waals surface area contributed by atoms with E-state index in [0.717, 1.165) is 10.8 Å². The molecular weight excluding hydrogens is 598 g/mol. The first kappa shape index (κ1) is 30.6. The Kier molecular flexibility index (Phi) is 9.39. The summed E-state index contributed by atoms with van der Waals surface area (Å²) in [7, 11) is -4.38. The molecule has 0 radical (unpaired) electrons. The van der Waals surface area contributed by atoms with Gasteiger partial charge in [0.2, 0.25) is 10.5 Å². The lowest BCUT2D eigenvalue weighted by Gasteiger charge is -2.39. The van der Waals surface area contributed by atoms with Gasteiger partial charge in [0.1, 0.15) is 18.0 Å². The zero-order valence-corrected chi connectivity index (χ0v) is 23.6. The van der Waals surface area contributed by atoms with Crippen molar-refractivity contribution in [3.63, 3.8) is 0 Å². The van der Waals surface area contributed by atoms with Crippen molar-refractivity contribution < 1.29 is 46.7 Å². The van der Waals surface area contributed by atoms with E-state index in [1.54, 1.807) is 27.7 Å². The number of aliphatic hydroxyl groups is 1. The number of nitrogens with two attached hydrogens (primary N) is 1. The summed E-state index contributed by atoms with van der Waals surface area (Å²) >= 11 is 2.74. The van der Waals surface area contributed by atoms with Crippen molar-refractivity contribution in [1.29, 1.82) is 0 Å². The van der Waals surface area contributed by atoms with E-state index in [9.17, 15) is 24.1 Å². The van der Waals surface area contributed by atoms with Gasteiger partial charge in [-0.3, -0.25) is 27.7 Å². The van der Waals surface area contributed by atoms with Crippen LogP contribution in [0, 0.1) is 5.41 Å². The minimum absolute atomic E-state index is 0.0426. The summed E-state index contributed by atoms with van der Waals surface area (Å²) in [6.07, 6.45) is -5.50. The van der Waals surface area contributed by atoms with Gasteiger partial charge in [-0.1, -0.05) is 13.8 Å². The number of halogens is 2. The van der Waals surface area contributed by atoms with Crippen molar-refractivity contribution >= 4 is 41.4 Å². The van der Waals surface area contributed by atoms with Crippen molar-refractivity contribution in [1.82, 2.24) is 14.9 Å². The molecule has 0 saturated carbocycles. The molecule has 14 nitrogen and oxygen atoms in total. The summed E-state index contributed by atoms with van der Waals surface area (Å²) in [5, 5.41) is 13.0. The number of esters is 1. The number of anilines is 1. The Labute approximate surface area is 226 Å². The molecule has 38 heavy (non-hydrogen) atoms. The molecule has 2 saturated heterocycles. The van der Waals surface area contributed by atoms with Crippen LogP contribution in [0.15, 0.2) is 17.1 Å². The van der Waals surface area contributed by atoms with Gasteiger partial charge >= 0.3 is 19.5 Å². The number of aliphatic hydroxyl groups excluding tert-OH is 1. The van der Waals surface area contributed by atoms with Crippen LogP contribution in [0.25, 0.3) is 0 Å². The maximum absolute atomic E-state index is 15.3. The maximum atomic E-state index is 15.3. The number of aromatic nitrogens is 2. The number of phosphoric acid groups is 1. The van der Waals surface area contributed by atoms with E-state index in [0.29, 0.717) is 0 Å². The first-order valence-corrected chi connectivity index (χ1v) is 13.9. The van der Waals surface area contributed by atoms with Crippen LogP contribution in [0.3, 0.4) is 0 Å². The molecule has 0 aliphatic carbocycles. The molecule has 3 rings (SSSR count). The monoisotopic (exact) mass is 628 g/mol. The summed E-state index contributed by atoms with van der Waals surface area (Å²) in [5.74, 6) is -1.25. The molecule has 3 heterocycles. The highest BCUT2D eigenvalue weighted by molar-refractivity contribution is 9.10. The van der Waals surface area contributed by atoms with E-state index in [1.165, 1.54) is 6.07 Å². The van der Waals surface area contributed by atoms with Crippen LogP contribution in [0.1, 0.15) is 40.3 Å². The van der Waals surface area contributed by atoms with Gasteiger partial charge in [-0.15, -0.1) is 0 Å². The number of hydrogen-bond acceptors (Lipinski definition) is 12. The Bertz CT molecular complexity index is 1150. The third-order valence-corrected chi connectivity index (χ3v) is 7.89. The Morgan fingerprint density at radius 1 is 1.45 bits per heavy atom. The molecule has 6 atom stereocenters. The van der Waals surface area contributed by atoms with Gasteiger partial charge in [-0.05, 0) is 35.8 Å². The largest absolute Gasteiger partial charge is 0.475 e. The molecule has 2 aliphatic rings. The fraction of sp³-hybridized carbons (Fsp3) is 0.714. The van der Waals surface area contributed by atoms with Gasteiger partial charge in [-0.25, -0.2) is 13.8 Å². The average Bonchev–Trinajstić information content (AvgIpc) is 3.02. The summed E-state index contributed by atoms with van der Waals surface area (Å²) in [6.45, 7) is 5.75. The Hall–Kier alpha value is -1.94. The zero-order valence-electron chi connectivity index (χ0n) is 21.2. The lowest BCUT2D eigenvalue weighted by Crippen LogP contribution is -2.50. The molecule has 2 unspecified atom stereocenters. The first-order valence-electron chi connectivity index (χ1n) is 11.7. The van der Waals surface area contributed by atoms with Crippen molar-refractivity contribution in [2.45, 2.75) is 69.3 Å². The highest BCUT2D eigenvalue weighted by Gasteiger charge is 2.58. The highest BCUT2D eigenvalue weighted by Crippen LogP contribution is 2.58. The fourth-order valence-corrected chi connectivity index (χ4v) is 5.95. The highest BCUT2D eigenvalue weighted by atomic mass is 79.9. The van der Waals surface area contributed by atoms with Crippen LogP contribution >= 0.6 is 23.8 Å². The standard InChI is InChI=1S/C21H31BrFN4O10P/c1-11(2)35-14(28)5-7-25-17(30)16-20(3,4)10-34-38(32,37-16)33-9-12-15(29)21(22,23)18(36-12)27-8-6-13(24)26-19(27)31/h6,8,11-12,15-16,18,29H,5,7,9-10H2,1-4H3,(H,25,30)(H2,24,26,31)/t12-,15?,16+,18-,21-,38?/m1/s1. The quantitative estimate of drug-likeness (QED) is 0.201. The van der Waals surface area contributed by atoms with Gasteiger partial charge in [0, 0.05) is 18.2 Å². The molecular formula is C21H31BrFN4O10P. The number of carbonyl (C=O) groups excluding carboxylic acids is 2. The Morgan fingerprint density at radius 2 is 2.13 bits per heavy atom. The van der Waals surface area contributed by atoms with Gasteiger partial charge in [0.25, 0.3) is 0 Å². The van der Waals surface area contributed by atoms with E-state index >= 15 is 4.39 Å². The van der Waals surface area contributed by atoms with Gasteiger partial charge < -0.3 is 25.6 Å². The smallest absolute Gasteiger partial charge is 0.463 e. The van der Waals surface area contributed by atoms with E-state index < -0.39 is 66.5 Å². The van der Waals surface area contributed by atoms with Crippen LogP contribution < -0.4 is 16.7 Å². The number of rotatable bonds is 9. The van der Waals surface area contributed by atoms with E-state index in [4.69, 9.17) is 28.8 Å². The van der Waals surface area contributed by atoms with Crippen LogP contribution in [0.5, 0.6) is 0 Å². The third kappa shape index (κ3) is 6.97. The molecule has 17 heteroatoms. The summed E-state index contributed by atoms with van der Waals surface area (Å²) in [5.41, 5.74) is 3.60. The second-order valence-corrected chi connectivity index (χ2v) is 12.6. The molecule has 4 N–H and O–H groups in total. The van der Waals surface area contributed by atoms with Gasteiger partial charge in [-0.2, -0.15) is 4.98 Å².